The number of esters is 1. The molecule has 0 saturated carbocycles. The molecular formula is C31H30O14. The molecule has 14 heteroatoms. The van der Waals surface area contributed by atoms with Gasteiger partial charge in [-0.3, -0.25) is 0 Å². The highest BCUT2D eigenvalue weighted by atomic mass is 16.5. The van der Waals surface area contributed by atoms with E-state index in [1.54, 1.807) is 6.07 Å². The molecule has 0 spiro atoms. The molecule has 3 rings (SSSR count). The molecule has 3 aromatic rings. The zero-order valence-corrected chi connectivity index (χ0v) is 24.0. The Bertz CT molecular complexity index is 1390. The van der Waals surface area contributed by atoms with Gasteiger partial charge in [-0.1, -0.05) is 13.3 Å². The summed E-state index contributed by atoms with van der Waals surface area (Å²) in [6.07, 6.45) is 1.40. The molecule has 0 aliphatic heterocycles. The topological polar surface area (TPSA) is 212 Å². The third-order valence-electron chi connectivity index (χ3n) is 5.78. The molecule has 0 heterocycles. The number of unbranched alkanes of at least 4 members (excludes halogenated alkanes) is 1. The Balaban J connectivity index is 2.19. The Kier molecular flexibility index (Phi) is 12.1. The molecule has 0 atom stereocenters. The smallest absolute Gasteiger partial charge is 0.341 e. The second-order valence-electron chi connectivity index (χ2n) is 9.40. The minimum Gasteiger partial charge on any atom is -0.482 e. The zero-order chi connectivity index (χ0) is 32.9. The Labute approximate surface area is 256 Å². The fraction of sp³-hybridized carbons (Fsp3) is 0.258. The van der Waals surface area contributed by atoms with Gasteiger partial charge in [0.2, 0.25) is 0 Å². The molecule has 0 radical (unpaired) electrons. The van der Waals surface area contributed by atoms with Gasteiger partial charge in [-0.2, -0.15) is 0 Å². The number of hydrogen-bond donors (Lipinski definition) is 4. The second-order valence-corrected chi connectivity index (χ2v) is 9.40. The van der Waals surface area contributed by atoms with Crippen LogP contribution in [0.15, 0.2) is 54.6 Å². The van der Waals surface area contributed by atoms with E-state index in [1.807, 2.05) is 6.92 Å². The molecule has 14 nitrogen and oxygen atoms in total. The highest BCUT2D eigenvalue weighted by molar-refractivity contribution is 5.94. The van der Waals surface area contributed by atoms with E-state index >= 15 is 0 Å². The number of carboxylic acids is 4. The Morgan fingerprint density at radius 3 is 1.16 bits per heavy atom. The standard InChI is InChI=1S/C31H30O14/c1-2-3-4-41-31(40)22-6-18(20-8-23(42-14-27(32)33)12-24(9-20)43-15-28(34)35)5-19(7-22)21-10-25(44-16-29(36)37)13-26(11-21)45-17-30(38)39/h5-13H,2-4,14-17H2,1H3,(H,32,33)(H,34,35)(H,36,37)(H,38,39). The lowest BCUT2D eigenvalue weighted by atomic mass is 9.95. The summed E-state index contributed by atoms with van der Waals surface area (Å²) in [5.74, 6) is -5.49. The van der Waals surface area contributed by atoms with Crippen LogP contribution in [0.4, 0.5) is 0 Å². The van der Waals surface area contributed by atoms with Crippen LogP contribution in [0.3, 0.4) is 0 Å². The normalized spacial score (nSPS) is 10.4. The number of aliphatic carboxylic acids is 4. The van der Waals surface area contributed by atoms with Crippen LogP contribution in [-0.2, 0) is 23.9 Å². The van der Waals surface area contributed by atoms with Gasteiger partial charge in [-0.15, -0.1) is 0 Å². The summed E-state index contributed by atoms with van der Waals surface area (Å²) in [6, 6.07) is 13.1. The van der Waals surface area contributed by atoms with Crippen LogP contribution < -0.4 is 18.9 Å². The molecule has 45 heavy (non-hydrogen) atoms. The lowest BCUT2D eigenvalue weighted by molar-refractivity contribution is -0.140. The summed E-state index contributed by atoms with van der Waals surface area (Å²) in [7, 11) is 0. The Hall–Kier alpha value is -5.79. The van der Waals surface area contributed by atoms with Crippen molar-refractivity contribution in [2.45, 2.75) is 19.8 Å². The number of carboxylic acid groups (broad SMARTS) is 4. The first kappa shape index (κ1) is 33.7. The first-order valence-electron chi connectivity index (χ1n) is 13.4. The first-order valence-corrected chi connectivity index (χ1v) is 13.4. The number of ether oxygens (including phenoxy) is 5. The van der Waals surface area contributed by atoms with E-state index < -0.39 is 56.3 Å². The van der Waals surface area contributed by atoms with E-state index in [0.717, 1.165) is 6.42 Å². The lowest BCUT2D eigenvalue weighted by Crippen LogP contribution is -2.11. The highest BCUT2D eigenvalue weighted by Crippen LogP contribution is 2.36. The van der Waals surface area contributed by atoms with Crippen LogP contribution >= 0.6 is 0 Å². The SMILES string of the molecule is CCCCOC(=O)c1cc(-c2cc(OCC(=O)O)cc(OCC(=O)O)c2)cc(-c2cc(OCC(=O)O)cc(OCC(=O)O)c2)c1. The molecule has 0 unspecified atom stereocenters. The first-order chi connectivity index (χ1) is 21.4. The van der Waals surface area contributed by atoms with Crippen molar-refractivity contribution in [3.63, 3.8) is 0 Å². The van der Waals surface area contributed by atoms with Gasteiger partial charge in [0.15, 0.2) is 26.4 Å². The molecule has 0 bridgehead atoms. The van der Waals surface area contributed by atoms with Crippen LogP contribution in [0.2, 0.25) is 0 Å². The van der Waals surface area contributed by atoms with Crippen molar-refractivity contribution < 1.29 is 68.1 Å². The monoisotopic (exact) mass is 626 g/mol. The number of rotatable bonds is 18. The average Bonchev–Trinajstić information content (AvgIpc) is 3.00. The summed E-state index contributed by atoms with van der Waals surface area (Å²) in [4.78, 5) is 57.5. The van der Waals surface area contributed by atoms with Crippen LogP contribution in [-0.4, -0.2) is 83.3 Å². The van der Waals surface area contributed by atoms with Crippen molar-refractivity contribution in [3.8, 4) is 45.3 Å². The summed E-state index contributed by atoms with van der Waals surface area (Å²) >= 11 is 0. The van der Waals surface area contributed by atoms with Gasteiger partial charge in [0.1, 0.15) is 23.0 Å². The van der Waals surface area contributed by atoms with Crippen LogP contribution in [0.25, 0.3) is 22.3 Å². The molecular weight excluding hydrogens is 596 g/mol. The van der Waals surface area contributed by atoms with E-state index in [1.165, 1.54) is 48.5 Å². The number of carbonyl (C=O) groups is 5. The Morgan fingerprint density at radius 2 is 0.844 bits per heavy atom. The van der Waals surface area contributed by atoms with Crippen molar-refractivity contribution in [2.75, 3.05) is 33.0 Å². The second kappa shape index (κ2) is 16.2. The van der Waals surface area contributed by atoms with Crippen molar-refractivity contribution >= 4 is 29.8 Å². The minimum atomic E-state index is -1.25. The maximum Gasteiger partial charge on any atom is 0.341 e. The fourth-order valence-electron chi connectivity index (χ4n) is 3.86. The largest absolute Gasteiger partial charge is 0.482 e. The average molecular weight is 627 g/mol. The van der Waals surface area contributed by atoms with E-state index in [0.29, 0.717) is 28.7 Å². The fourth-order valence-corrected chi connectivity index (χ4v) is 3.86. The van der Waals surface area contributed by atoms with Gasteiger partial charge in [0.25, 0.3) is 0 Å². The van der Waals surface area contributed by atoms with Gasteiger partial charge in [-0.25, -0.2) is 24.0 Å². The molecule has 0 amide bonds. The van der Waals surface area contributed by atoms with Crippen molar-refractivity contribution in [1.82, 2.24) is 0 Å². The van der Waals surface area contributed by atoms with Gasteiger partial charge < -0.3 is 44.1 Å². The summed E-state index contributed by atoms with van der Waals surface area (Å²) in [6.45, 7) is -0.692. The number of hydrogen-bond acceptors (Lipinski definition) is 10. The number of benzene rings is 3. The quantitative estimate of drug-likeness (QED) is 0.117. The summed E-state index contributed by atoms with van der Waals surface area (Å²) < 4.78 is 26.7. The molecule has 3 aromatic carbocycles. The van der Waals surface area contributed by atoms with E-state index in [9.17, 15) is 24.0 Å². The predicted octanol–water partition coefficient (Wildman–Crippen LogP) is 3.83. The molecule has 4 N–H and O–H groups in total. The highest BCUT2D eigenvalue weighted by Gasteiger charge is 2.17. The van der Waals surface area contributed by atoms with Crippen LogP contribution in [0.5, 0.6) is 23.0 Å². The van der Waals surface area contributed by atoms with Crippen molar-refractivity contribution in [3.05, 3.63) is 60.2 Å². The van der Waals surface area contributed by atoms with Crippen LogP contribution in [0.1, 0.15) is 30.1 Å². The minimum absolute atomic E-state index is 0.0428. The molecule has 0 fully saturated rings. The zero-order valence-electron chi connectivity index (χ0n) is 24.0. The van der Waals surface area contributed by atoms with Gasteiger partial charge in [0.05, 0.1) is 12.2 Å². The van der Waals surface area contributed by atoms with Gasteiger partial charge in [0, 0.05) is 12.1 Å². The molecule has 0 aliphatic carbocycles. The van der Waals surface area contributed by atoms with E-state index in [-0.39, 0.29) is 35.2 Å². The molecule has 0 aliphatic rings. The third-order valence-corrected chi connectivity index (χ3v) is 5.78. The number of carbonyl (C=O) groups excluding carboxylic acids is 1. The van der Waals surface area contributed by atoms with E-state index in [2.05, 4.69) is 0 Å². The van der Waals surface area contributed by atoms with Crippen LogP contribution in [0, 0.1) is 0 Å². The lowest BCUT2D eigenvalue weighted by Gasteiger charge is -2.15. The van der Waals surface area contributed by atoms with Gasteiger partial charge >= 0.3 is 29.8 Å². The van der Waals surface area contributed by atoms with Gasteiger partial charge in [-0.05, 0) is 71.1 Å². The van der Waals surface area contributed by atoms with E-state index in [4.69, 9.17) is 44.1 Å². The van der Waals surface area contributed by atoms with Crippen molar-refractivity contribution in [1.29, 1.82) is 0 Å². The van der Waals surface area contributed by atoms with Crippen molar-refractivity contribution in [2.24, 2.45) is 0 Å². The molecule has 0 saturated heterocycles. The molecule has 0 aromatic heterocycles. The third kappa shape index (κ3) is 11.1. The Morgan fingerprint density at radius 1 is 0.511 bits per heavy atom. The molecule has 238 valence electrons. The summed E-state index contributed by atoms with van der Waals surface area (Å²) in [5.41, 5.74) is 1.56. The maximum absolute atomic E-state index is 13.1. The predicted molar refractivity (Wildman–Crippen MR) is 155 cm³/mol. The summed E-state index contributed by atoms with van der Waals surface area (Å²) in [5, 5.41) is 36.3. The maximum atomic E-state index is 13.1.